The number of hydrogen-bond acceptors (Lipinski definition) is 3. The molecule has 6 heteroatoms. The van der Waals surface area contributed by atoms with Crippen molar-refractivity contribution < 1.29 is 19.4 Å². The van der Waals surface area contributed by atoms with E-state index in [4.69, 9.17) is 16.3 Å². The number of nitrogens with one attached hydrogen (secondary N) is 1. The van der Waals surface area contributed by atoms with E-state index in [1.807, 2.05) is 55.5 Å². The second-order valence-electron chi connectivity index (χ2n) is 7.66. The maximum Gasteiger partial charge on any atom is 0.407 e. The highest BCUT2D eigenvalue weighted by Crippen LogP contribution is 2.44. The third-order valence-electron chi connectivity index (χ3n) is 5.56. The first-order chi connectivity index (χ1) is 14.9. The number of carboxylic acid groups (broad SMARTS) is 1. The van der Waals surface area contributed by atoms with Gasteiger partial charge < -0.3 is 15.2 Å². The van der Waals surface area contributed by atoms with E-state index in [-0.39, 0.29) is 18.9 Å². The van der Waals surface area contributed by atoms with Gasteiger partial charge in [0.15, 0.2) is 0 Å². The van der Waals surface area contributed by atoms with Gasteiger partial charge in [0, 0.05) is 17.4 Å². The van der Waals surface area contributed by atoms with Crippen LogP contribution in [0.15, 0.2) is 66.7 Å². The van der Waals surface area contributed by atoms with Crippen LogP contribution in [0.25, 0.3) is 11.1 Å². The summed E-state index contributed by atoms with van der Waals surface area (Å²) in [5.74, 6) is -1.24. The highest BCUT2D eigenvalue weighted by atomic mass is 35.5. The molecule has 5 nitrogen and oxygen atoms in total. The summed E-state index contributed by atoms with van der Waals surface area (Å²) in [6, 6.07) is 20.3. The molecule has 1 aliphatic carbocycles. The number of carbonyl (C=O) groups is 2. The number of carboxylic acids is 1. The molecule has 1 amide bonds. The largest absolute Gasteiger partial charge is 0.480 e. The topological polar surface area (TPSA) is 75.6 Å². The molecule has 1 atom stereocenters. The second-order valence-corrected chi connectivity index (χ2v) is 8.07. The Morgan fingerprint density at radius 2 is 1.65 bits per heavy atom. The number of benzene rings is 3. The van der Waals surface area contributed by atoms with E-state index in [1.165, 1.54) is 0 Å². The lowest BCUT2D eigenvalue weighted by molar-refractivity contribution is -0.139. The molecule has 31 heavy (non-hydrogen) atoms. The fourth-order valence-corrected chi connectivity index (χ4v) is 4.26. The van der Waals surface area contributed by atoms with Gasteiger partial charge >= 0.3 is 12.1 Å². The Labute approximate surface area is 185 Å². The van der Waals surface area contributed by atoms with Crippen molar-refractivity contribution in [2.45, 2.75) is 25.3 Å². The minimum atomic E-state index is -1.15. The van der Waals surface area contributed by atoms with Crippen LogP contribution in [0.4, 0.5) is 4.79 Å². The zero-order valence-electron chi connectivity index (χ0n) is 17.0. The van der Waals surface area contributed by atoms with Crippen LogP contribution in [0.5, 0.6) is 0 Å². The molecule has 0 saturated carbocycles. The number of fused-ring (bicyclic) bond motifs is 3. The van der Waals surface area contributed by atoms with Crippen molar-refractivity contribution in [2.24, 2.45) is 0 Å². The van der Waals surface area contributed by atoms with E-state index in [0.29, 0.717) is 10.6 Å². The first kappa shape index (κ1) is 20.9. The Kier molecular flexibility index (Phi) is 5.96. The first-order valence-electron chi connectivity index (χ1n) is 10.0. The average molecular weight is 436 g/mol. The Bertz CT molecular complexity index is 1100. The molecule has 158 valence electrons. The van der Waals surface area contributed by atoms with Gasteiger partial charge in [-0.1, -0.05) is 77.8 Å². The minimum absolute atomic E-state index is 0.0695. The highest BCUT2D eigenvalue weighted by molar-refractivity contribution is 6.31. The lowest BCUT2D eigenvalue weighted by atomic mass is 9.98. The van der Waals surface area contributed by atoms with Crippen LogP contribution in [0.1, 0.15) is 28.2 Å². The number of alkyl carbamates (subject to hydrolysis) is 1. The van der Waals surface area contributed by atoms with Crippen molar-refractivity contribution in [3.63, 3.8) is 0 Å². The lowest BCUT2D eigenvalue weighted by Gasteiger charge is -2.18. The van der Waals surface area contributed by atoms with Gasteiger partial charge in [-0.3, -0.25) is 0 Å². The van der Waals surface area contributed by atoms with Crippen molar-refractivity contribution in [3.8, 4) is 11.1 Å². The molecule has 0 spiro atoms. The minimum Gasteiger partial charge on any atom is -0.480 e. The summed E-state index contributed by atoms with van der Waals surface area (Å²) in [4.78, 5) is 24.2. The molecule has 3 aromatic rings. The number of carbonyl (C=O) groups excluding carboxylic acids is 1. The molecule has 0 bridgehead atoms. The van der Waals surface area contributed by atoms with Crippen LogP contribution < -0.4 is 5.32 Å². The number of halogens is 1. The van der Waals surface area contributed by atoms with Gasteiger partial charge in [-0.25, -0.2) is 9.59 Å². The maximum atomic E-state index is 12.5. The Hall–Kier alpha value is -3.31. The molecule has 4 rings (SSSR count). The predicted octanol–water partition coefficient (Wildman–Crippen LogP) is 5.18. The Morgan fingerprint density at radius 1 is 1.03 bits per heavy atom. The number of aryl methyl sites for hydroxylation is 1. The number of amides is 1. The fourth-order valence-electron chi connectivity index (χ4n) is 4.06. The summed E-state index contributed by atoms with van der Waals surface area (Å²) in [5, 5.41) is 12.5. The molecule has 0 heterocycles. The standard InChI is InChI=1S/C25H22ClNO4/c1-15-10-11-22(26)16(12-15)13-23(24(28)29)27-25(30)31-14-21-19-8-4-2-6-17(19)18-7-3-5-9-20(18)21/h2-12,21,23H,13-14H2,1H3,(H,27,30)(H,28,29). The van der Waals surface area contributed by atoms with Gasteiger partial charge in [-0.05, 0) is 40.8 Å². The van der Waals surface area contributed by atoms with E-state index in [0.717, 1.165) is 27.8 Å². The van der Waals surface area contributed by atoms with Crippen molar-refractivity contribution in [1.82, 2.24) is 5.32 Å². The normalized spacial score (nSPS) is 13.2. The van der Waals surface area contributed by atoms with Gasteiger partial charge in [0.1, 0.15) is 12.6 Å². The van der Waals surface area contributed by atoms with E-state index in [1.54, 1.807) is 6.07 Å². The van der Waals surface area contributed by atoms with E-state index < -0.39 is 18.1 Å². The van der Waals surface area contributed by atoms with Crippen LogP contribution in [0.2, 0.25) is 5.02 Å². The third kappa shape index (κ3) is 4.42. The average Bonchev–Trinajstić information content (AvgIpc) is 3.08. The zero-order valence-corrected chi connectivity index (χ0v) is 17.7. The van der Waals surface area contributed by atoms with Crippen LogP contribution in [-0.4, -0.2) is 29.8 Å². The highest BCUT2D eigenvalue weighted by Gasteiger charge is 2.30. The maximum absolute atomic E-state index is 12.5. The third-order valence-corrected chi connectivity index (χ3v) is 5.93. The second kappa shape index (κ2) is 8.82. The molecular weight excluding hydrogens is 414 g/mol. The fraction of sp³-hybridized carbons (Fsp3) is 0.200. The molecule has 2 N–H and O–H groups in total. The molecule has 0 saturated heterocycles. The van der Waals surface area contributed by atoms with Gasteiger partial charge in [0.05, 0.1) is 0 Å². The van der Waals surface area contributed by atoms with Crippen LogP contribution in [0, 0.1) is 6.92 Å². The molecule has 0 aromatic heterocycles. The van der Waals surface area contributed by atoms with Gasteiger partial charge in [0.2, 0.25) is 0 Å². The predicted molar refractivity (Wildman–Crippen MR) is 120 cm³/mol. The van der Waals surface area contributed by atoms with Crippen LogP contribution in [-0.2, 0) is 16.0 Å². The Morgan fingerprint density at radius 3 is 2.26 bits per heavy atom. The number of aliphatic carboxylic acids is 1. The number of ether oxygens (including phenoxy) is 1. The quantitative estimate of drug-likeness (QED) is 0.559. The smallest absolute Gasteiger partial charge is 0.407 e. The summed E-state index contributed by atoms with van der Waals surface area (Å²) >= 11 is 6.19. The molecule has 3 aromatic carbocycles. The molecule has 0 aliphatic heterocycles. The molecular formula is C25H22ClNO4. The summed E-state index contributed by atoms with van der Waals surface area (Å²) < 4.78 is 5.47. The molecule has 0 radical (unpaired) electrons. The van der Waals surface area contributed by atoms with E-state index in [2.05, 4.69) is 17.4 Å². The molecule has 0 fully saturated rings. The lowest BCUT2D eigenvalue weighted by Crippen LogP contribution is -2.43. The zero-order chi connectivity index (χ0) is 22.0. The van der Waals surface area contributed by atoms with Crippen molar-refractivity contribution >= 4 is 23.7 Å². The van der Waals surface area contributed by atoms with Crippen molar-refractivity contribution in [2.75, 3.05) is 6.61 Å². The molecule has 1 aliphatic rings. The summed E-state index contributed by atoms with van der Waals surface area (Å²) in [6.45, 7) is 2.02. The van der Waals surface area contributed by atoms with Crippen LogP contribution in [0.3, 0.4) is 0 Å². The summed E-state index contributed by atoms with van der Waals surface area (Å²) in [6.07, 6.45) is -0.696. The van der Waals surface area contributed by atoms with Crippen LogP contribution >= 0.6 is 11.6 Å². The van der Waals surface area contributed by atoms with Gasteiger partial charge in [0.25, 0.3) is 0 Å². The van der Waals surface area contributed by atoms with Gasteiger partial charge in [-0.15, -0.1) is 0 Å². The Balaban J connectivity index is 1.45. The monoisotopic (exact) mass is 435 g/mol. The summed E-state index contributed by atoms with van der Waals surface area (Å²) in [7, 11) is 0. The van der Waals surface area contributed by atoms with E-state index >= 15 is 0 Å². The van der Waals surface area contributed by atoms with Gasteiger partial charge in [-0.2, -0.15) is 0 Å². The SMILES string of the molecule is Cc1ccc(Cl)c(CC(NC(=O)OCC2c3ccccc3-c3ccccc32)C(=O)O)c1. The molecule has 1 unspecified atom stereocenters. The summed E-state index contributed by atoms with van der Waals surface area (Å²) in [5.41, 5.74) is 6.07. The number of rotatable bonds is 6. The number of hydrogen-bond donors (Lipinski definition) is 2. The van der Waals surface area contributed by atoms with E-state index in [9.17, 15) is 14.7 Å². The van der Waals surface area contributed by atoms with Crippen molar-refractivity contribution in [1.29, 1.82) is 0 Å². The van der Waals surface area contributed by atoms with Crippen molar-refractivity contribution in [3.05, 3.63) is 94.0 Å². The first-order valence-corrected chi connectivity index (χ1v) is 10.4.